The van der Waals surface area contributed by atoms with E-state index in [0.29, 0.717) is 29.6 Å². The second-order valence-electron chi connectivity index (χ2n) is 14.2. The lowest BCUT2D eigenvalue weighted by Gasteiger charge is -2.35. The van der Waals surface area contributed by atoms with E-state index in [-0.39, 0.29) is 23.7 Å². The van der Waals surface area contributed by atoms with Gasteiger partial charge in [-0.25, -0.2) is 12.8 Å². The Hall–Kier alpha value is -3.08. The molecule has 10 heteroatoms. The second-order valence-corrected chi connectivity index (χ2v) is 16.3. The molecular formula is C37H51FN4O4S. The third kappa shape index (κ3) is 8.69. The molecule has 2 aliphatic rings. The van der Waals surface area contributed by atoms with Crippen LogP contribution in [0, 0.1) is 17.7 Å². The van der Waals surface area contributed by atoms with Crippen molar-refractivity contribution in [2.75, 3.05) is 32.9 Å². The molecule has 1 N–H and O–H groups in total. The molecule has 1 aliphatic carbocycles. The van der Waals surface area contributed by atoms with Crippen LogP contribution in [0.15, 0.2) is 59.5 Å². The first-order valence-electron chi connectivity index (χ1n) is 17.1. The summed E-state index contributed by atoms with van der Waals surface area (Å²) in [7, 11) is -1.27. The van der Waals surface area contributed by atoms with Crippen molar-refractivity contribution >= 4 is 15.8 Å². The number of benzene rings is 2. The SMILES string of the molecule is CCn1nc(Cc2ccc(S(C)(=O)=O)cc2)cc1C1CCN(C[C@H]2C[C@H](N(C)[C@H](CC(C)C)C(=O)O)C[C@@H]2c2cccc(F)c2)CC1. The third-order valence-electron chi connectivity index (χ3n) is 10.4. The first kappa shape index (κ1) is 35.2. The Balaban J connectivity index is 1.25. The van der Waals surface area contributed by atoms with E-state index < -0.39 is 21.8 Å². The van der Waals surface area contributed by atoms with Crippen molar-refractivity contribution < 1.29 is 22.7 Å². The maximum absolute atomic E-state index is 14.4. The molecule has 0 amide bonds. The predicted octanol–water partition coefficient (Wildman–Crippen LogP) is 6.21. The molecule has 4 atom stereocenters. The summed E-state index contributed by atoms with van der Waals surface area (Å²) in [5.41, 5.74) is 4.31. The Kier molecular flexibility index (Phi) is 11.2. The van der Waals surface area contributed by atoms with Gasteiger partial charge >= 0.3 is 5.97 Å². The van der Waals surface area contributed by atoms with Gasteiger partial charge in [0.2, 0.25) is 0 Å². The molecule has 0 bridgehead atoms. The topological polar surface area (TPSA) is 95.7 Å². The van der Waals surface area contributed by atoms with Crippen LogP contribution in [-0.2, 0) is 27.6 Å². The van der Waals surface area contributed by atoms with Crippen LogP contribution in [0.1, 0.15) is 87.2 Å². The lowest BCUT2D eigenvalue weighted by molar-refractivity contribution is -0.144. The van der Waals surface area contributed by atoms with Crippen LogP contribution in [-0.4, -0.2) is 84.1 Å². The zero-order valence-electron chi connectivity index (χ0n) is 28.5. The molecule has 0 spiro atoms. The van der Waals surface area contributed by atoms with Gasteiger partial charge < -0.3 is 10.0 Å². The zero-order chi connectivity index (χ0) is 33.9. The summed E-state index contributed by atoms with van der Waals surface area (Å²) < 4.78 is 40.2. The number of aromatic nitrogens is 2. The number of likely N-dealkylation sites (tertiary alicyclic amines) is 1. The Morgan fingerprint density at radius 3 is 2.38 bits per heavy atom. The van der Waals surface area contributed by atoms with Crippen molar-refractivity contribution in [1.82, 2.24) is 19.6 Å². The molecule has 1 aliphatic heterocycles. The van der Waals surface area contributed by atoms with Crippen LogP contribution < -0.4 is 0 Å². The van der Waals surface area contributed by atoms with Gasteiger partial charge in [0, 0.05) is 43.4 Å². The number of hydrogen-bond donors (Lipinski definition) is 1. The number of aliphatic carboxylic acids is 1. The highest BCUT2D eigenvalue weighted by Crippen LogP contribution is 2.43. The molecule has 8 nitrogen and oxygen atoms in total. The van der Waals surface area contributed by atoms with Crippen molar-refractivity contribution in [3.63, 3.8) is 0 Å². The van der Waals surface area contributed by atoms with E-state index >= 15 is 0 Å². The van der Waals surface area contributed by atoms with Crippen LogP contribution in [0.3, 0.4) is 0 Å². The van der Waals surface area contributed by atoms with Gasteiger partial charge in [-0.05, 0) is 118 Å². The molecule has 47 heavy (non-hydrogen) atoms. The molecule has 2 fully saturated rings. The van der Waals surface area contributed by atoms with Crippen LogP contribution in [0.25, 0.3) is 0 Å². The van der Waals surface area contributed by atoms with Crippen LogP contribution in [0.4, 0.5) is 4.39 Å². The highest BCUT2D eigenvalue weighted by Gasteiger charge is 2.41. The number of hydrogen-bond acceptors (Lipinski definition) is 6. The van der Waals surface area contributed by atoms with E-state index in [2.05, 4.69) is 41.3 Å². The van der Waals surface area contributed by atoms with Crippen molar-refractivity contribution in [3.05, 3.63) is 82.9 Å². The van der Waals surface area contributed by atoms with Gasteiger partial charge in [0.25, 0.3) is 0 Å². The summed E-state index contributed by atoms with van der Waals surface area (Å²) in [5.74, 6) is 0.197. The highest BCUT2D eigenvalue weighted by molar-refractivity contribution is 7.90. The lowest BCUT2D eigenvalue weighted by Crippen LogP contribution is -2.45. The molecule has 3 aromatic rings. The van der Waals surface area contributed by atoms with Crippen LogP contribution in [0.2, 0.25) is 0 Å². The molecule has 256 valence electrons. The van der Waals surface area contributed by atoms with E-state index in [1.165, 1.54) is 18.0 Å². The fourth-order valence-electron chi connectivity index (χ4n) is 7.88. The number of piperidine rings is 1. The number of aryl methyl sites for hydroxylation is 1. The Morgan fingerprint density at radius 2 is 1.79 bits per heavy atom. The van der Waals surface area contributed by atoms with E-state index in [9.17, 15) is 22.7 Å². The number of likely N-dealkylation sites (N-methyl/N-ethyl adjacent to an activating group) is 1. The fraction of sp³-hybridized carbons (Fsp3) is 0.568. The van der Waals surface area contributed by atoms with Gasteiger partial charge in [-0.1, -0.05) is 38.1 Å². The number of nitrogens with zero attached hydrogens (tertiary/aromatic N) is 4. The Bertz CT molecular complexity index is 1620. The maximum atomic E-state index is 14.4. The highest BCUT2D eigenvalue weighted by atomic mass is 32.2. The molecule has 1 saturated heterocycles. The lowest BCUT2D eigenvalue weighted by atomic mass is 9.87. The maximum Gasteiger partial charge on any atom is 0.320 e. The first-order chi connectivity index (χ1) is 22.3. The molecule has 5 rings (SSSR count). The number of halogens is 1. The van der Waals surface area contributed by atoms with E-state index in [4.69, 9.17) is 5.10 Å². The normalized spacial score (nSPS) is 21.9. The van der Waals surface area contributed by atoms with Crippen LogP contribution >= 0.6 is 0 Å². The second kappa shape index (κ2) is 15.0. The van der Waals surface area contributed by atoms with Gasteiger partial charge in [0.15, 0.2) is 9.84 Å². The molecule has 2 aromatic carbocycles. The van der Waals surface area contributed by atoms with Gasteiger partial charge in [-0.15, -0.1) is 0 Å². The van der Waals surface area contributed by atoms with Gasteiger partial charge in [0.05, 0.1) is 10.6 Å². The summed E-state index contributed by atoms with van der Waals surface area (Å²) in [4.78, 5) is 17.2. The average Bonchev–Trinajstić information content (AvgIpc) is 3.64. The number of rotatable bonds is 13. The predicted molar refractivity (Wildman–Crippen MR) is 183 cm³/mol. The fourth-order valence-corrected chi connectivity index (χ4v) is 8.51. The molecule has 1 aromatic heterocycles. The third-order valence-corrected chi connectivity index (χ3v) is 11.5. The standard InChI is InChI=1S/C37H51FN4O4S/c1-6-42-35(22-31(39-42)19-26-10-12-33(13-11-26)47(5,45)46)27-14-16-41(17-15-27)24-29-21-32(40(4)36(37(43)44)18-25(2)3)23-34(29)28-8-7-9-30(38)20-28/h7-13,20,22,25,27,29,32,34,36H,6,14-19,21,23-24H2,1-5H3,(H,43,44)/t29-,32+,34-,36-/m1/s1. The largest absolute Gasteiger partial charge is 0.480 e. The number of carboxylic acid groups (broad SMARTS) is 1. The smallest absolute Gasteiger partial charge is 0.320 e. The van der Waals surface area contributed by atoms with E-state index in [0.717, 1.165) is 68.7 Å². The van der Waals surface area contributed by atoms with Crippen molar-refractivity contribution in [1.29, 1.82) is 0 Å². The number of sulfone groups is 1. The Morgan fingerprint density at radius 1 is 1.09 bits per heavy atom. The van der Waals surface area contributed by atoms with Crippen molar-refractivity contribution in [2.45, 2.75) is 94.7 Å². The quantitative estimate of drug-likeness (QED) is 0.232. The summed E-state index contributed by atoms with van der Waals surface area (Å²) in [5, 5.41) is 14.9. The van der Waals surface area contributed by atoms with Crippen LogP contribution in [0.5, 0.6) is 0 Å². The van der Waals surface area contributed by atoms with Gasteiger partial charge in [0.1, 0.15) is 11.9 Å². The summed E-state index contributed by atoms with van der Waals surface area (Å²) in [6, 6.07) is 15.9. The number of carboxylic acids is 1. The molecule has 1 saturated carbocycles. The zero-order valence-corrected chi connectivity index (χ0v) is 29.3. The summed E-state index contributed by atoms with van der Waals surface area (Å²) in [6.07, 6.45) is 6.28. The van der Waals surface area contributed by atoms with Gasteiger partial charge in [-0.2, -0.15) is 5.10 Å². The minimum Gasteiger partial charge on any atom is -0.480 e. The van der Waals surface area contributed by atoms with Crippen molar-refractivity contribution in [2.24, 2.45) is 11.8 Å². The minimum absolute atomic E-state index is 0.130. The Labute approximate surface area is 279 Å². The van der Waals surface area contributed by atoms with Crippen molar-refractivity contribution in [3.8, 4) is 0 Å². The first-order valence-corrected chi connectivity index (χ1v) is 19.0. The summed E-state index contributed by atoms with van der Waals surface area (Å²) >= 11 is 0. The average molecular weight is 667 g/mol. The van der Waals surface area contributed by atoms with E-state index in [1.54, 1.807) is 24.3 Å². The summed E-state index contributed by atoms with van der Waals surface area (Å²) in [6.45, 7) is 9.91. The van der Waals surface area contributed by atoms with Gasteiger partial charge in [-0.3, -0.25) is 14.4 Å². The molecular weight excluding hydrogens is 615 g/mol. The number of carbonyl (C=O) groups is 1. The molecule has 2 heterocycles. The molecule has 0 radical (unpaired) electrons. The van der Waals surface area contributed by atoms with E-state index in [1.807, 2.05) is 25.2 Å². The monoisotopic (exact) mass is 666 g/mol. The minimum atomic E-state index is -3.22. The molecule has 0 unspecified atom stereocenters.